The summed E-state index contributed by atoms with van der Waals surface area (Å²) in [7, 11) is 0. The number of hydrogen-bond acceptors (Lipinski definition) is 4. The molecule has 1 fully saturated rings. The normalized spacial score (nSPS) is 16.0. The van der Waals surface area contributed by atoms with Crippen LogP contribution in [0, 0.1) is 19.7 Å². The maximum atomic E-state index is 14.4. The number of imidazole rings is 1. The fourth-order valence-corrected chi connectivity index (χ4v) is 4.58. The van der Waals surface area contributed by atoms with Gasteiger partial charge in [0.15, 0.2) is 11.5 Å². The lowest BCUT2D eigenvalue weighted by molar-refractivity contribution is 0.102. The van der Waals surface area contributed by atoms with Crippen molar-refractivity contribution in [3.05, 3.63) is 59.4 Å². The number of rotatable bonds is 4. The van der Waals surface area contributed by atoms with Gasteiger partial charge in [0.05, 0.1) is 22.5 Å². The molecule has 0 aliphatic carbocycles. The molecule has 0 spiro atoms. The van der Waals surface area contributed by atoms with Crippen LogP contribution in [0.15, 0.2) is 36.7 Å². The van der Waals surface area contributed by atoms with E-state index in [0.29, 0.717) is 48.4 Å². The number of H-pyrrole nitrogens is 1. The Labute approximate surface area is 189 Å². The maximum absolute atomic E-state index is 14.4. The zero-order valence-electron chi connectivity index (χ0n) is 18.6. The Bertz CT molecular complexity index is 1370. The number of aromatic amines is 1. The average molecular weight is 453 g/mol. The number of alkyl halides is 1. The fraction of sp³-hybridized carbons (Fsp3) is 0.333. The number of hydrogen-bond donors (Lipinski definition) is 3. The number of amides is 1. The summed E-state index contributed by atoms with van der Waals surface area (Å²) in [6.07, 6.45) is 4.48. The molecule has 4 N–H and O–H groups in total. The van der Waals surface area contributed by atoms with Gasteiger partial charge < -0.3 is 25.3 Å². The third-order valence-corrected chi connectivity index (χ3v) is 6.40. The van der Waals surface area contributed by atoms with E-state index in [-0.39, 0.29) is 11.6 Å². The lowest BCUT2D eigenvalue weighted by Gasteiger charge is -2.39. The second-order valence-electron chi connectivity index (χ2n) is 9.00. The highest BCUT2D eigenvalue weighted by molar-refractivity contribution is 6.14. The highest BCUT2D eigenvalue weighted by Crippen LogP contribution is 2.34. The molecule has 33 heavy (non-hydrogen) atoms. The zero-order valence-corrected chi connectivity index (χ0v) is 18.6. The third kappa shape index (κ3) is 3.82. The second-order valence-corrected chi connectivity index (χ2v) is 9.00. The SMILES string of the molecule is Cc1cn2cc(NC(=O)c3ccc(N4CCC(N)(CF)CC4)c4cc(C)[nH]c34)cc(F)c2n1. The number of halogens is 2. The molecule has 5 rings (SSSR count). The lowest BCUT2D eigenvalue weighted by atomic mass is 9.89. The van der Waals surface area contributed by atoms with E-state index in [2.05, 4.69) is 20.2 Å². The van der Waals surface area contributed by atoms with E-state index in [1.807, 2.05) is 19.1 Å². The summed E-state index contributed by atoms with van der Waals surface area (Å²) in [4.78, 5) is 22.8. The molecule has 0 unspecified atom stereocenters. The molecule has 4 aromatic rings. The summed E-state index contributed by atoms with van der Waals surface area (Å²) < 4.78 is 29.2. The Morgan fingerprint density at radius 2 is 2.00 bits per heavy atom. The van der Waals surface area contributed by atoms with Crippen molar-refractivity contribution in [3.63, 3.8) is 0 Å². The van der Waals surface area contributed by atoms with Crippen LogP contribution < -0.4 is 16.0 Å². The highest BCUT2D eigenvalue weighted by atomic mass is 19.1. The quantitative estimate of drug-likeness (QED) is 0.435. The van der Waals surface area contributed by atoms with Crippen molar-refractivity contribution in [2.24, 2.45) is 5.73 Å². The van der Waals surface area contributed by atoms with Gasteiger partial charge in [-0.2, -0.15) is 0 Å². The minimum absolute atomic E-state index is 0.216. The van der Waals surface area contributed by atoms with Crippen molar-refractivity contribution in [2.45, 2.75) is 32.2 Å². The minimum atomic E-state index is -0.756. The Kier molecular flexibility index (Phi) is 5.08. The van der Waals surface area contributed by atoms with E-state index < -0.39 is 18.0 Å². The molecule has 0 bridgehead atoms. The number of carbonyl (C=O) groups is 1. The number of aromatic nitrogens is 3. The van der Waals surface area contributed by atoms with Gasteiger partial charge in [-0.25, -0.2) is 13.8 Å². The first-order chi connectivity index (χ1) is 15.8. The smallest absolute Gasteiger partial charge is 0.257 e. The Morgan fingerprint density at radius 1 is 1.24 bits per heavy atom. The van der Waals surface area contributed by atoms with Crippen molar-refractivity contribution < 1.29 is 13.6 Å². The van der Waals surface area contributed by atoms with Crippen LogP contribution in [-0.4, -0.2) is 45.6 Å². The molecule has 9 heteroatoms. The van der Waals surface area contributed by atoms with Gasteiger partial charge in [0.25, 0.3) is 5.91 Å². The second kappa shape index (κ2) is 7.84. The number of pyridine rings is 1. The molecule has 172 valence electrons. The molecule has 3 aromatic heterocycles. The largest absolute Gasteiger partial charge is 0.371 e. The van der Waals surface area contributed by atoms with Gasteiger partial charge in [-0.3, -0.25) is 4.79 Å². The van der Waals surface area contributed by atoms with Crippen molar-refractivity contribution in [3.8, 4) is 0 Å². The predicted molar refractivity (Wildman–Crippen MR) is 125 cm³/mol. The van der Waals surface area contributed by atoms with Gasteiger partial charge in [-0.1, -0.05) is 0 Å². The number of benzene rings is 1. The van der Waals surface area contributed by atoms with Crippen LogP contribution in [0.1, 0.15) is 34.6 Å². The van der Waals surface area contributed by atoms with E-state index >= 15 is 0 Å². The van der Waals surface area contributed by atoms with Crippen LogP contribution in [0.3, 0.4) is 0 Å². The topological polar surface area (TPSA) is 91.5 Å². The lowest BCUT2D eigenvalue weighted by Crippen LogP contribution is -2.52. The summed E-state index contributed by atoms with van der Waals surface area (Å²) >= 11 is 0. The van der Waals surface area contributed by atoms with Crippen molar-refractivity contribution >= 4 is 33.8 Å². The summed E-state index contributed by atoms with van der Waals surface area (Å²) in [6.45, 7) is 4.48. The molecule has 4 heterocycles. The standard InChI is InChI=1S/C24H26F2N6O/c1-14-9-18-20(31-7-5-24(27,13-25)6-8-31)4-3-17(21(18)28-14)23(33)30-16-10-19(26)22-29-15(2)11-32(22)12-16/h3-4,9-12,28H,5-8,13,27H2,1-2H3,(H,30,33). The molecule has 1 saturated heterocycles. The number of carbonyl (C=O) groups excluding carboxylic acids is 1. The van der Waals surface area contributed by atoms with E-state index in [4.69, 9.17) is 5.73 Å². The van der Waals surface area contributed by atoms with Crippen LogP contribution in [0.2, 0.25) is 0 Å². The molecule has 1 aliphatic rings. The Balaban J connectivity index is 1.46. The van der Waals surface area contributed by atoms with Gasteiger partial charge in [-0.15, -0.1) is 0 Å². The monoisotopic (exact) mass is 452 g/mol. The van der Waals surface area contributed by atoms with E-state index in [1.54, 1.807) is 29.8 Å². The first-order valence-electron chi connectivity index (χ1n) is 10.9. The van der Waals surface area contributed by atoms with Gasteiger partial charge >= 0.3 is 0 Å². The van der Waals surface area contributed by atoms with E-state index in [1.165, 1.54) is 6.07 Å². The molecule has 1 amide bonds. The maximum Gasteiger partial charge on any atom is 0.257 e. The molecular formula is C24H26F2N6O. The van der Waals surface area contributed by atoms with Crippen molar-refractivity contribution in [1.82, 2.24) is 14.4 Å². The summed E-state index contributed by atoms with van der Waals surface area (Å²) in [5, 5.41) is 3.71. The van der Waals surface area contributed by atoms with Gasteiger partial charge in [0.2, 0.25) is 0 Å². The number of anilines is 2. The fourth-order valence-electron chi connectivity index (χ4n) is 4.58. The number of aryl methyl sites for hydroxylation is 2. The first-order valence-corrected chi connectivity index (χ1v) is 10.9. The van der Waals surface area contributed by atoms with Crippen molar-refractivity contribution in [1.29, 1.82) is 0 Å². The Hall–Kier alpha value is -3.46. The van der Waals surface area contributed by atoms with Crippen LogP contribution in [0.25, 0.3) is 16.6 Å². The first kappa shape index (κ1) is 21.4. The molecular weight excluding hydrogens is 426 g/mol. The van der Waals surface area contributed by atoms with Crippen molar-refractivity contribution in [2.75, 3.05) is 30.0 Å². The van der Waals surface area contributed by atoms with Gasteiger partial charge in [-0.05, 0) is 44.9 Å². The van der Waals surface area contributed by atoms with Crippen LogP contribution >= 0.6 is 0 Å². The summed E-state index contributed by atoms with van der Waals surface area (Å²) in [5.74, 6) is -0.854. The minimum Gasteiger partial charge on any atom is -0.371 e. The van der Waals surface area contributed by atoms with Crippen LogP contribution in [0.5, 0.6) is 0 Å². The molecule has 7 nitrogen and oxygen atoms in total. The predicted octanol–water partition coefficient (Wildman–Crippen LogP) is 4.09. The van der Waals surface area contributed by atoms with Crippen LogP contribution in [0.4, 0.5) is 20.2 Å². The molecule has 1 aromatic carbocycles. The summed E-state index contributed by atoms with van der Waals surface area (Å²) in [6, 6.07) is 6.94. The molecule has 0 atom stereocenters. The number of nitrogens with zero attached hydrogens (tertiary/aromatic N) is 3. The average Bonchev–Trinajstić information content (AvgIpc) is 3.35. The summed E-state index contributed by atoms with van der Waals surface area (Å²) in [5.41, 5.74) is 9.65. The number of fused-ring (bicyclic) bond motifs is 2. The van der Waals surface area contributed by atoms with E-state index in [0.717, 1.165) is 16.8 Å². The molecule has 1 aliphatic heterocycles. The van der Waals surface area contributed by atoms with Crippen LogP contribution in [-0.2, 0) is 0 Å². The number of nitrogens with one attached hydrogen (secondary N) is 2. The third-order valence-electron chi connectivity index (χ3n) is 6.40. The van der Waals surface area contributed by atoms with Gasteiger partial charge in [0, 0.05) is 53.9 Å². The number of nitrogens with two attached hydrogens (primary N) is 1. The Morgan fingerprint density at radius 3 is 2.73 bits per heavy atom. The number of piperidine rings is 1. The molecule has 0 radical (unpaired) electrons. The highest BCUT2D eigenvalue weighted by Gasteiger charge is 2.31. The zero-order chi connectivity index (χ0) is 23.3. The van der Waals surface area contributed by atoms with E-state index in [9.17, 15) is 13.6 Å². The van der Waals surface area contributed by atoms with Gasteiger partial charge in [0.1, 0.15) is 6.67 Å². The molecule has 0 saturated carbocycles.